The molecule has 0 rings (SSSR count). The Morgan fingerprint density at radius 2 is 0.209 bits per heavy atom. The summed E-state index contributed by atoms with van der Waals surface area (Å²) in [4.78, 5) is 0. The van der Waals surface area contributed by atoms with Crippen molar-refractivity contribution >= 4 is 210 Å². The molecule has 0 radical (unpaired) electrons. The lowest BCUT2D eigenvalue weighted by Crippen LogP contribution is -2.76. The van der Waals surface area contributed by atoms with Gasteiger partial charge in [-0.25, -0.2) is 0 Å². The van der Waals surface area contributed by atoms with E-state index in [0.29, 0.717) is 19.3 Å². The van der Waals surface area contributed by atoms with E-state index in [1.165, 1.54) is 0 Å². The van der Waals surface area contributed by atoms with Crippen LogP contribution < -0.4 is 0 Å². The Bertz CT molecular complexity index is 2810. The Kier molecular flexibility index (Phi) is 53.1. The second kappa shape index (κ2) is 51.3. The molecule has 0 bridgehead atoms. The van der Waals surface area contributed by atoms with Crippen molar-refractivity contribution in [2.24, 2.45) is 0 Å². The maximum atomic E-state index is 9.20. The second-order valence-electron chi connectivity index (χ2n) is 54.2. The third-order valence-corrected chi connectivity index (χ3v) is 114. The first-order valence-corrected chi connectivity index (χ1v) is 127. The summed E-state index contributed by atoms with van der Waals surface area (Å²) in [5.41, 5.74) is -1.73. The number of hydrogen-bond acceptors (Lipinski definition) is 21. The van der Waals surface area contributed by atoms with Gasteiger partial charge in [-0.3, -0.25) is 0 Å². The minimum absolute atomic E-state index is 0.193. The summed E-state index contributed by atoms with van der Waals surface area (Å²) < 4.78 is 175. The molecule has 0 fully saturated rings. The summed E-state index contributed by atoms with van der Waals surface area (Å²) in [7, 11) is -77.4. The Labute approximate surface area is 858 Å². The van der Waals surface area contributed by atoms with Gasteiger partial charge in [0.05, 0.1) is 51.5 Å². The molecule has 0 N–H and O–H groups in total. The average Bonchev–Trinajstić information content (AvgIpc) is 0.728. The quantitative estimate of drug-likeness (QED) is 0.0521. The van der Waals surface area contributed by atoms with Crippen LogP contribution in [-0.4, -0.2) is 261 Å². The zero-order valence-corrected chi connectivity index (χ0v) is 125. The summed E-state index contributed by atoms with van der Waals surface area (Å²) in [6, 6.07) is 0. The Morgan fingerprint density at radius 1 is 0.119 bits per heavy atom. The van der Waals surface area contributed by atoms with E-state index in [1.54, 1.807) is 0 Å². The van der Waals surface area contributed by atoms with Crippen molar-refractivity contribution in [3.05, 3.63) is 0 Å². The van der Waals surface area contributed by atoms with Crippen molar-refractivity contribution in [1.82, 2.24) is 0 Å². The van der Waals surface area contributed by atoms with Crippen LogP contribution in [0.25, 0.3) is 0 Å². The molecule has 12 unspecified atom stereocenters. The van der Waals surface area contributed by atoms with Crippen molar-refractivity contribution in [1.29, 1.82) is 0 Å². The minimum atomic E-state index is -4.52. The maximum Gasteiger partial charge on any atom is 0.472 e. The maximum absolute atomic E-state index is 9.20. The molecular formula is C88H228O21Si25. The van der Waals surface area contributed by atoms with E-state index >= 15 is 0 Å². The summed E-state index contributed by atoms with van der Waals surface area (Å²) in [5, 5.41) is -1.30. The zero-order valence-electron chi connectivity index (χ0n) is 100. The summed E-state index contributed by atoms with van der Waals surface area (Å²) >= 11 is 0. The SMILES string of the molecule is CCC(O[Si](C)(C)C)[Si](C)(C)O[Si](O[Si](C)(C)C(CC)O[Si](C)(C)C)(O[Si](C)(C)C(CC)O[Si](C)(C)C)C(CC)[Si](C)(C)O[Si](C)(O[Si](C)(C)C(CC)[Si](O[Si](C)(C)C(CC)O[Si](C)(C)C)(O[Si](C)(C)C(CC)O[Si](C)(C)C)O[Si](C)(C)C(CC)O[Si](C)(C)C)O[Si](C)(C)C(CC)[Si](O[Si](C)(C)C(CC)O[Si](C)(C)C)(O[Si](C)(C)C(CC)O[Si](C)(C)C)O[Si](C)(C)C(CC)O[Si](C)(C)C. The Hall–Kier alpha value is 4.58. The molecule has 0 aliphatic rings. The molecule has 21 nitrogen and oxygen atoms in total. The molecule has 134 heavy (non-hydrogen) atoms. The summed E-state index contributed by atoms with van der Waals surface area (Å²) in [6.07, 6.45) is 8.69. The molecule has 0 spiro atoms. The van der Waals surface area contributed by atoms with E-state index < -0.39 is 225 Å². The zero-order chi connectivity index (χ0) is 107. The van der Waals surface area contributed by atoms with Crippen LogP contribution in [0.15, 0.2) is 0 Å². The van der Waals surface area contributed by atoms with Gasteiger partial charge in [0.2, 0.25) is 74.9 Å². The fourth-order valence-electron chi connectivity index (χ4n) is 20.2. The van der Waals surface area contributed by atoms with Crippen molar-refractivity contribution in [3.63, 3.8) is 0 Å². The average molecular weight is 2320 g/mol. The predicted octanol–water partition coefficient (Wildman–Crippen LogP) is 30.5. The van der Waals surface area contributed by atoms with E-state index in [2.05, 4.69) is 424 Å². The molecule has 0 aliphatic heterocycles. The van der Waals surface area contributed by atoms with Crippen LogP contribution in [0.1, 0.15) is 160 Å². The highest BCUT2D eigenvalue weighted by molar-refractivity contribution is 7.06. The Balaban J connectivity index is 12.4. The van der Waals surface area contributed by atoms with Gasteiger partial charge < -0.3 is 89.2 Å². The van der Waals surface area contributed by atoms with Gasteiger partial charge in [0, 0.05) is 22.0 Å². The summed E-state index contributed by atoms with van der Waals surface area (Å²) in [6.45, 7) is 150. The van der Waals surface area contributed by atoms with Gasteiger partial charge in [-0.05, 0) is 411 Å². The van der Waals surface area contributed by atoms with E-state index in [4.69, 9.17) is 76.9 Å². The van der Waals surface area contributed by atoms with Gasteiger partial charge in [-0.1, -0.05) is 83.1 Å². The van der Waals surface area contributed by atoms with Crippen molar-refractivity contribution in [3.8, 4) is 0 Å². The predicted molar refractivity (Wildman–Crippen MR) is 640 cm³/mol. The third-order valence-electron chi connectivity index (χ3n) is 24.8. The van der Waals surface area contributed by atoms with E-state index in [0.717, 1.165) is 57.8 Å². The topological polar surface area (TPSA) is 194 Å². The molecule has 12 atom stereocenters. The third kappa shape index (κ3) is 45.2. The molecule has 46 heteroatoms. The van der Waals surface area contributed by atoms with Crippen LogP contribution in [0.5, 0.6) is 0 Å². The normalized spacial score (nSPS) is 19.6. The molecule has 0 aromatic heterocycles. The lowest BCUT2D eigenvalue weighted by Gasteiger charge is -2.57. The highest BCUT2D eigenvalue weighted by Crippen LogP contribution is 2.54. The number of rotatable bonds is 69. The second-order valence-corrected chi connectivity index (χ2v) is 160. The van der Waals surface area contributed by atoms with Gasteiger partial charge in [-0.2, -0.15) is 0 Å². The first-order chi connectivity index (χ1) is 59.1. The smallest absolute Gasteiger partial charge is 0.416 e. The molecule has 0 aliphatic carbocycles. The molecule has 0 amide bonds. The van der Waals surface area contributed by atoms with Crippen molar-refractivity contribution in [2.45, 2.75) is 568 Å². The van der Waals surface area contributed by atoms with Crippen LogP contribution in [-0.2, 0) is 89.2 Å². The highest BCUT2D eigenvalue weighted by atomic mass is 28.6. The first-order valence-electron chi connectivity index (χ1n) is 52.6. The molecule has 0 heterocycles. The molecule has 0 saturated heterocycles. The van der Waals surface area contributed by atoms with E-state index in [1.807, 2.05) is 0 Å². The summed E-state index contributed by atoms with van der Waals surface area (Å²) in [5.74, 6) is 0. The van der Waals surface area contributed by atoms with Crippen LogP contribution in [0.3, 0.4) is 0 Å². The largest absolute Gasteiger partial charge is 0.472 e. The number of hydrogen-bond donors (Lipinski definition) is 0. The monoisotopic (exact) mass is 2320 g/mol. The lowest BCUT2D eigenvalue weighted by molar-refractivity contribution is 0.163. The van der Waals surface area contributed by atoms with Crippen LogP contribution in [0.4, 0.5) is 0 Å². The van der Waals surface area contributed by atoms with Crippen LogP contribution in [0.2, 0.25) is 356 Å². The van der Waals surface area contributed by atoms with Gasteiger partial charge in [0.25, 0.3) is 0 Å². The van der Waals surface area contributed by atoms with E-state index in [-0.39, 0.29) is 51.5 Å². The molecule has 0 aromatic carbocycles. The van der Waals surface area contributed by atoms with Gasteiger partial charge >= 0.3 is 35.2 Å². The van der Waals surface area contributed by atoms with Crippen LogP contribution >= 0.6 is 0 Å². The first kappa shape index (κ1) is 139. The Morgan fingerprint density at radius 3 is 0.276 bits per heavy atom. The fourth-order valence-corrected chi connectivity index (χ4v) is 135. The van der Waals surface area contributed by atoms with Crippen molar-refractivity contribution in [2.75, 3.05) is 0 Å². The molecule has 806 valence electrons. The van der Waals surface area contributed by atoms with Crippen molar-refractivity contribution < 1.29 is 89.2 Å². The van der Waals surface area contributed by atoms with Crippen LogP contribution in [0, 0.1) is 0 Å². The lowest BCUT2D eigenvalue weighted by atomic mass is 10.5. The standard InChI is InChI=1S/C88H228O21Si25/c1-65-77(89-110(13,14)15)119(40,41)101-132(102-120(42,43)78(66-2)90-111(16,17)18,103-121(44,45)79(67-3)91-112(19,20)21)86(74-10)128(58,59)98-131(64,99-129(60,61)87(75-11)133(104-122(46,47)80(68-4)92-113(22,23)24,105-123(48,49)81(69-5)93-114(25,26)27)106-124(50,51)82(70-6)94-115(28,29)30)100-130(62,63)88(76-12)134(107-125(52,53)83(71-7)95-116(31,32)33,108-126(54,55)84(72-8)96-117(34,35)36)109-127(56,57)85(73-9)97-118(37,38)39/h77-88H,65-76H2,1-64H3. The van der Waals surface area contributed by atoms with Gasteiger partial charge in [0.15, 0.2) is 99.8 Å². The van der Waals surface area contributed by atoms with Gasteiger partial charge in [0.1, 0.15) is 0 Å². The fraction of sp³-hybridized carbons (Fsp3) is 1.00. The minimum Gasteiger partial charge on any atom is -0.416 e. The highest BCUT2D eigenvalue weighted by Gasteiger charge is 2.73. The molecular weight excluding hydrogens is 2100 g/mol. The molecule has 0 saturated carbocycles. The van der Waals surface area contributed by atoms with E-state index in [9.17, 15) is 12.3 Å². The van der Waals surface area contributed by atoms with Gasteiger partial charge in [-0.15, -0.1) is 0 Å². The molecule has 0 aromatic rings.